The van der Waals surface area contributed by atoms with Crippen molar-refractivity contribution in [1.82, 2.24) is 15.2 Å². The molecule has 0 saturated carbocycles. The fraction of sp³-hybridized carbons (Fsp3) is 0.304. The zero-order valence-electron chi connectivity index (χ0n) is 16.8. The third kappa shape index (κ3) is 6.01. The Hall–Kier alpha value is -2.96. The first-order valence-electron chi connectivity index (χ1n) is 9.93. The van der Waals surface area contributed by atoms with Gasteiger partial charge in [-0.2, -0.15) is 0 Å². The van der Waals surface area contributed by atoms with Gasteiger partial charge in [-0.3, -0.25) is 9.59 Å². The number of aromatic amines is 1. The lowest BCUT2D eigenvalue weighted by molar-refractivity contribution is 0.0950. The number of nitrogens with zero attached hydrogens (tertiary/aromatic N) is 1. The topological polar surface area (TPSA) is 91.2 Å². The molecular weight excluding hydrogens is 364 g/mol. The second-order valence-corrected chi connectivity index (χ2v) is 7.31. The normalized spacial score (nSPS) is 11.1. The minimum Gasteiger partial charge on any atom is -0.351 e. The number of amides is 1. The van der Waals surface area contributed by atoms with E-state index in [2.05, 4.69) is 46.5 Å². The predicted octanol–water partition coefficient (Wildman–Crippen LogP) is 2.28. The maximum atomic E-state index is 12.4. The molecule has 29 heavy (non-hydrogen) atoms. The monoisotopic (exact) mass is 392 g/mol. The van der Waals surface area contributed by atoms with Gasteiger partial charge in [0.05, 0.1) is 0 Å². The van der Waals surface area contributed by atoms with Crippen LogP contribution in [0, 0.1) is 0 Å². The predicted molar refractivity (Wildman–Crippen MR) is 117 cm³/mol. The van der Waals surface area contributed by atoms with Crippen LogP contribution in [0.5, 0.6) is 0 Å². The number of likely N-dealkylation sites (N-methyl/N-ethyl adjacent to an activating group) is 1. The number of nitrogens with one attached hydrogen (secondary N) is 2. The molecule has 0 atom stereocenters. The molecule has 1 aromatic heterocycles. The van der Waals surface area contributed by atoms with Gasteiger partial charge in [0.25, 0.3) is 5.91 Å². The summed E-state index contributed by atoms with van der Waals surface area (Å²) in [4.78, 5) is 28.7. The lowest BCUT2D eigenvalue weighted by Gasteiger charge is -2.17. The van der Waals surface area contributed by atoms with Crippen molar-refractivity contribution in [1.29, 1.82) is 0 Å². The molecule has 0 bridgehead atoms. The second-order valence-electron chi connectivity index (χ2n) is 7.31. The second kappa shape index (κ2) is 10.0. The van der Waals surface area contributed by atoms with Gasteiger partial charge in [0.15, 0.2) is 0 Å². The van der Waals surface area contributed by atoms with Gasteiger partial charge >= 0.3 is 0 Å². The molecular formula is C23H28N4O2. The number of pyridine rings is 1. The summed E-state index contributed by atoms with van der Waals surface area (Å²) in [6.07, 6.45) is 2.09. The molecule has 6 nitrogen and oxygen atoms in total. The number of carbonyl (C=O) groups is 1. The van der Waals surface area contributed by atoms with Crippen LogP contribution in [0.1, 0.15) is 27.9 Å². The van der Waals surface area contributed by atoms with Crippen molar-refractivity contribution in [3.63, 3.8) is 0 Å². The molecule has 0 aliphatic carbocycles. The summed E-state index contributed by atoms with van der Waals surface area (Å²) in [5, 5.41) is 3.80. The SMILES string of the molecule is CN(CCCc1ccc(CN)cc1)CCNC(=O)c1ccc2[nH]c(=O)ccc2c1. The van der Waals surface area contributed by atoms with E-state index >= 15 is 0 Å². The van der Waals surface area contributed by atoms with Crippen LogP contribution >= 0.6 is 0 Å². The molecule has 0 spiro atoms. The Kier molecular flexibility index (Phi) is 7.16. The number of H-pyrrole nitrogens is 1. The molecule has 1 amide bonds. The summed E-state index contributed by atoms with van der Waals surface area (Å²) in [6, 6.07) is 16.9. The number of aromatic nitrogens is 1. The van der Waals surface area contributed by atoms with E-state index < -0.39 is 0 Å². The molecule has 3 rings (SSSR count). The van der Waals surface area contributed by atoms with Crippen LogP contribution in [0.25, 0.3) is 10.9 Å². The molecule has 4 N–H and O–H groups in total. The molecule has 0 fully saturated rings. The molecule has 0 unspecified atom stereocenters. The summed E-state index contributed by atoms with van der Waals surface area (Å²) >= 11 is 0. The summed E-state index contributed by atoms with van der Waals surface area (Å²) in [6.45, 7) is 2.92. The van der Waals surface area contributed by atoms with E-state index in [-0.39, 0.29) is 11.5 Å². The van der Waals surface area contributed by atoms with Crippen LogP contribution in [0.2, 0.25) is 0 Å². The summed E-state index contributed by atoms with van der Waals surface area (Å²) in [7, 11) is 2.07. The lowest BCUT2D eigenvalue weighted by atomic mass is 10.1. The van der Waals surface area contributed by atoms with Crippen molar-refractivity contribution in [2.45, 2.75) is 19.4 Å². The highest BCUT2D eigenvalue weighted by Gasteiger charge is 2.07. The van der Waals surface area contributed by atoms with E-state index in [0.29, 0.717) is 18.7 Å². The van der Waals surface area contributed by atoms with Crippen molar-refractivity contribution in [3.8, 4) is 0 Å². The fourth-order valence-corrected chi connectivity index (χ4v) is 3.26. The molecule has 0 radical (unpaired) electrons. The van der Waals surface area contributed by atoms with E-state index in [1.807, 2.05) is 0 Å². The van der Waals surface area contributed by atoms with Gasteiger partial charge in [-0.1, -0.05) is 24.3 Å². The highest BCUT2D eigenvalue weighted by atomic mass is 16.1. The van der Waals surface area contributed by atoms with Gasteiger partial charge in [-0.25, -0.2) is 0 Å². The standard InChI is InChI=1S/C23H28N4O2/c1-27(13-2-3-17-4-6-18(16-24)7-5-17)14-12-25-23(29)20-8-10-21-19(15-20)9-11-22(28)26-21/h4-11,15H,2-3,12-14,16,24H2,1H3,(H,25,29)(H,26,28). The van der Waals surface area contributed by atoms with Crippen molar-refractivity contribution in [2.75, 3.05) is 26.7 Å². The average Bonchev–Trinajstić information content (AvgIpc) is 2.73. The highest BCUT2D eigenvalue weighted by Crippen LogP contribution is 2.12. The fourth-order valence-electron chi connectivity index (χ4n) is 3.26. The smallest absolute Gasteiger partial charge is 0.251 e. The van der Waals surface area contributed by atoms with Gasteiger partial charge in [0, 0.05) is 36.8 Å². The molecule has 2 aromatic carbocycles. The van der Waals surface area contributed by atoms with Crippen molar-refractivity contribution in [3.05, 3.63) is 81.6 Å². The Bertz CT molecular complexity index is 1010. The van der Waals surface area contributed by atoms with Gasteiger partial charge in [0.1, 0.15) is 0 Å². The van der Waals surface area contributed by atoms with E-state index in [1.165, 1.54) is 11.6 Å². The van der Waals surface area contributed by atoms with Crippen LogP contribution in [-0.4, -0.2) is 42.5 Å². The maximum absolute atomic E-state index is 12.4. The Morgan fingerprint density at radius 1 is 1.03 bits per heavy atom. The van der Waals surface area contributed by atoms with Crippen LogP contribution in [0.4, 0.5) is 0 Å². The lowest BCUT2D eigenvalue weighted by Crippen LogP contribution is -2.33. The minimum atomic E-state index is -0.148. The number of nitrogens with two attached hydrogens (primary N) is 1. The largest absolute Gasteiger partial charge is 0.351 e. The minimum absolute atomic E-state index is 0.105. The highest BCUT2D eigenvalue weighted by molar-refractivity contribution is 5.97. The van der Waals surface area contributed by atoms with Crippen molar-refractivity contribution in [2.24, 2.45) is 5.73 Å². The molecule has 6 heteroatoms. The number of aryl methyl sites for hydroxylation is 1. The van der Waals surface area contributed by atoms with E-state index in [0.717, 1.165) is 42.4 Å². The third-order valence-corrected chi connectivity index (χ3v) is 5.03. The van der Waals surface area contributed by atoms with Crippen LogP contribution in [0.15, 0.2) is 59.4 Å². The first-order valence-corrected chi connectivity index (χ1v) is 9.93. The Morgan fingerprint density at radius 3 is 2.55 bits per heavy atom. The van der Waals surface area contributed by atoms with E-state index in [4.69, 9.17) is 5.73 Å². The van der Waals surface area contributed by atoms with Crippen molar-refractivity contribution >= 4 is 16.8 Å². The van der Waals surface area contributed by atoms with E-state index in [9.17, 15) is 9.59 Å². The van der Waals surface area contributed by atoms with Crippen LogP contribution in [0.3, 0.4) is 0 Å². The summed E-state index contributed by atoms with van der Waals surface area (Å²) in [5.74, 6) is -0.105. The summed E-state index contributed by atoms with van der Waals surface area (Å²) < 4.78 is 0. The molecule has 0 aliphatic heterocycles. The van der Waals surface area contributed by atoms with Crippen molar-refractivity contribution < 1.29 is 4.79 Å². The number of carbonyl (C=O) groups excluding carboxylic acids is 1. The first-order chi connectivity index (χ1) is 14.0. The maximum Gasteiger partial charge on any atom is 0.251 e. The third-order valence-electron chi connectivity index (χ3n) is 5.03. The van der Waals surface area contributed by atoms with Gasteiger partial charge < -0.3 is 20.9 Å². The molecule has 0 saturated heterocycles. The molecule has 3 aromatic rings. The van der Waals surface area contributed by atoms with Gasteiger partial charge in [-0.05, 0) is 67.2 Å². The first kappa shape index (κ1) is 20.8. The van der Waals surface area contributed by atoms with Crippen LogP contribution in [-0.2, 0) is 13.0 Å². The zero-order valence-corrected chi connectivity index (χ0v) is 16.8. The Morgan fingerprint density at radius 2 is 1.79 bits per heavy atom. The number of rotatable bonds is 9. The van der Waals surface area contributed by atoms with Gasteiger partial charge in [0.2, 0.25) is 5.56 Å². The number of hydrogen-bond donors (Lipinski definition) is 3. The van der Waals surface area contributed by atoms with Gasteiger partial charge in [-0.15, -0.1) is 0 Å². The molecule has 152 valence electrons. The van der Waals surface area contributed by atoms with E-state index in [1.54, 1.807) is 24.3 Å². The number of fused-ring (bicyclic) bond motifs is 1. The summed E-state index contributed by atoms with van der Waals surface area (Å²) in [5.41, 5.74) is 9.27. The van der Waals surface area contributed by atoms with Crippen LogP contribution < -0.4 is 16.6 Å². The number of hydrogen-bond acceptors (Lipinski definition) is 4. The Labute approximate surface area is 170 Å². The number of benzene rings is 2. The zero-order chi connectivity index (χ0) is 20.6. The molecule has 1 heterocycles. The Balaban J connectivity index is 1.40. The average molecular weight is 393 g/mol. The quantitative estimate of drug-likeness (QED) is 0.521. The molecule has 0 aliphatic rings.